The van der Waals surface area contributed by atoms with Crippen LogP contribution in [-0.2, 0) is 17.8 Å². The molecule has 1 fully saturated rings. The number of nitrogens with zero attached hydrogens (tertiary/aromatic N) is 4. The van der Waals surface area contributed by atoms with Crippen LogP contribution in [0.3, 0.4) is 0 Å². The van der Waals surface area contributed by atoms with E-state index < -0.39 is 0 Å². The topological polar surface area (TPSA) is 84.2 Å². The number of hydrogen-bond donors (Lipinski definition) is 1. The fraction of sp³-hybridized carbons (Fsp3) is 0.286. The molecule has 178 valence electrons. The largest absolute Gasteiger partial charge is 0.356 e. The molecule has 0 bridgehead atoms. The normalized spacial score (nSPS) is 14.1. The molecule has 0 radical (unpaired) electrons. The zero-order chi connectivity index (χ0) is 24.0. The van der Waals surface area contributed by atoms with Gasteiger partial charge < -0.3 is 14.7 Å². The Labute approximate surface area is 205 Å². The fourth-order valence-electron chi connectivity index (χ4n) is 4.43. The molecule has 7 nitrogen and oxygen atoms in total. The maximum atomic E-state index is 12.8. The molecule has 0 saturated carbocycles. The zero-order valence-corrected chi connectivity index (χ0v) is 19.9. The maximum Gasteiger partial charge on any atom is 0.261 e. The van der Waals surface area contributed by atoms with Crippen LogP contribution in [-0.4, -0.2) is 34.1 Å². The SMILES string of the molecule is CCc1ccc(CNC(=O)C2CCN(c3ncccc3-c3nc(-c4ccccc4)no3)CC2)cc1. The first-order valence-corrected chi connectivity index (χ1v) is 12.2. The number of carbonyl (C=O) groups excluding carboxylic acids is 1. The first-order valence-electron chi connectivity index (χ1n) is 12.2. The zero-order valence-electron chi connectivity index (χ0n) is 19.9. The molecule has 0 aliphatic carbocycles. The van der Waals surface area contributed by atoms with Crippen LogP contribution in [0.2, 0.25) is 0 Å². The van der Waals surface area contributed by atoms with Crippen LogP contribution < -0.4 is 10.2 Å². The van der Waals surface area contributed by atoms with E-state index in [1.807, 2.05) is 42.5 Å². The van der Waals surface area contributed by atoms with Gasteiger partial charge in [-0.05, 0) is 42.5 Å². The van der Waals surface area contributed by atoms with Crippen molar-refractivity contribution in [3.05, 3.63) is 84.1 Å². The average molecular weight is 468 g/mol. The number of rotatable bonds is 7. The molecule has 7 heteroatoms. The molecule has 2 aromatic carbocycles. The Balaban J connectivity index is 1.21. The van der Waals surface area contributed by atoms with E-state index in [9.17, 15) is 4.79 Å². The Hall–Kier alpha value is -4.00. The number of piperidine rings is 1. The predicted octanol–water partition coefficient (Wildman–Crippen LogP) is 4.89. The molecule has 35 heavy (non-hydrogen) atoms. The number of anilines is 1. The standard InChI is InChI=1S/C28H29N5O2/c1-2-20-10-12-21(13-11-20)19-30-27(34)23-14-17-33(18-15-23)26-24(9-6-16-29-26)28-31-25(32-35-28)22-7-4-3-5-8-22/h3-13,16,23H,2,14-15,17-19H2,1H3,(H,30,34). The third-order valence-electron chi connectivity index (χ3n) is 6.54. The average Bonchev–Trinajstić information content (AvgIpc) is 3.43. The van der Waals surface area contributed by atoms with Gasteiger partial charge in [0.1, 0.15) is 5.82 Å². The van der Waals surface area contributed by atoms with Gasteiger partial charge >= 0.3 is 0 Å². The highest BCUT2D eigenvalue weighted by Gasteiger charge is 2.27. The van der Waals surface area contributed by atoms with Crippen LogP contribution in [0.15, 0.2) is 77.4 Å². The molecule has 4 aromatic rings. The van der Waals surface area contributed by atoms with Crippen molar-refractivity contribution in [3.8, 4) is 22.8 Å². The quantitative estimate of drug-likeness (QED) is 0.416. The summed E-state index contributed by atoms with van der Waals surface area (Å²) in [6.07, 6.45) is 4.34. The van der Waals surface area contributed by atoms with Gasteiger partial charge in [-0.2, -0.15) is 4.98 Å². The van der Waals surface area contributed by atoms with Gasteiger partial charge in [0.15, 0.2) is 0 Å². The smallest absolute Gasteiger partial charge is 0.261 e. The van der Waals surface area contributed by atoms with E-state index in [2.05, 4.69) is 56.5 Å². The molecule has 0 unspecified atom stereocenters. The number of pyridine rings is 1. The number of benzene rings is 2. The second kappa shape index (κ2) is 10.5. The van der Waals surface area contributed by atoms with Crippen LogP contribution in [0.4, 0.5) is 5.82 Å². The fourth-order valence-corrected chi connectivity index (χ4v) is 4.43. The van der Waals surface area contributed by atoms with Gasteiger partial charge in [-0.3, -0.25) is 4.79 Å². The summed E-state index contributed by atoms with van der Waals surface area (Å²) in [6, 6.07) is 22.0. The molecule has 1 N–H and O–H groups in total. The Kier molecular flexibility index (Phi) is 6.84. The van der Waals surface area contributed by atoms with Crippen molar-refractivity contribution in [1.29, 1.82) is 0 Å². The first kappa shape index (κ1) is 22.8. The Bertz CT molecular complexity index is 1260. The summed E-state index contributed by atoms with van der Waals surface area (Å²) < 4.78 is 5.59. The number of carbonyl (C=O) groups is 1. The highest BCUT2D eigenvalue weighted by molar-refractivity contribution is 5.79. The van der Waals surface area contributed by atoms with Crippen LogP contribution in [0.5, 0.6) is 0 Å². The number of amides is 1. The van der Waals surface area contributed by atoms with Gasteiger partial charge in [-0.15, -0.1) is 0 Å². The first-order chi connectivity index (χ1) is 17.2. The lowest BCUT2D eigenvalue weighted by Gasteiger charge is -2.32. The molecule has 5 rings (SSSR count). The van der Waals surface area contributed by atoms with Crippen LogP contribution in [0, 0.1) is 5.92 Å². The molecule has 1 amide bonds. The monoisotopic (exact) mass is 467 g/mol. The molecule has 1 aliphatic rings. The van der Waals surface area contributed by atoms with Crippen molar-refractivity contribution in [3.63, 3.8) is 0 Å². The second-order valence-corrected chi connectivity index (χ2v) is 8.81. The van der Waals surface area contributed by atoms with Gasteiger partial charge in [0.2, 0.25) is 11.7 Å². The second-order valence-electron chi connectivity index (χ2n) is 8.81. The van der Waals surface area contributed by atoms with E-state index >= 15 is 0 Å². The predicted molar refractivity (Wildman–Crippen MR) is 136 cm³/mol. The third-order valence-corrected chi connectivity index (χ3v) is 6.54. The molecular formula is C28H29N5O2. The summed E-state index contributed by atoms with van der Waals surface area (Å²) in [5.74, 6) is 1.93. The van der Waals surface area contributed by atoms with Crippen LogP contribution in [0.1, 0.15) is 30.9 Å². The van der Waals surface area contributed by atoms with Crippen LogP contribution >= 0.6 is 0 Å². The molecule has 0 atom stereocenters. The maximum absolute atomic E-state index is 12.8. The van der Waals surface area contributed by atoms with Gasteiger partial charge in [0, 0.05) is 37.3 Å². The third kappa shape index (κ3) is 5.24. The van der Waals surface area contributed by atoms with E-state index in [4.69, 9.17) is 4.52 Å². The minimum atomic E-state index is 0.00131. The molecule has 3 heterocycles. The lowest BCUT2D eigenvalue weighted by molar-refractivity contribution is -0.125. The van der Waals surface area contributed by atoms with Crippen molar-refractivity contribution in [2.45, 2.75) is 32.7 Å². The van der Waals surface area contributed by atoms with Gasteiger partial charge in [0.05, 0.1) is 5.56 Å². The summed E-state index contributed by atoms with van der Waals surface area (Å²) in [7, 11) is 0. The van der Waals surface area contributed by atoms with Crippen molar-refractivity contribution in [2.24, 2.45) is 5.92 Å². The van der Waals surface area contributed by atoms with E-state index in [0.29, 0.717) is 18.3 Å². The summed E-state index contributed by atoms with van der Waals surface area (Å²) >= 11 is 0. The minimum absolute atomic E-state index is 0.00131. The Morgan fingerprint density at radius 2 is 1.74 bits per heavy atom. The minimum Gasteiger partial charge on any atom is -0.356 e. The van der Waals surface area contributed by atoms with Crippen molar-refractivity contribution < 1.29 is 9.32 Å². The number of aromatic nitrogens is 3. The summed E-state index contributed by atoms with van der Waals surface area (Å²) in [6.45, 7) is 4.19. The molecule has 1 aliphatic heterocycles. The lowest BCUT2D eigenvalue weighted by Crippen LogP contribution is -2.40. The van der Waals surface area contributed by atoms with Crippen molar-refractivity contribution >= 4 is 11.7 Å². The Morgan fingerprint density at radius 3 is 2.49 bits per heavy atom. The summed E-state index contributed by atoms with van der Waals surface area (Å²) in [5, 5.41) is 7.26. The van der Waals surface area contributed by atoms with Gasteiger partial charge in [-0.25, -0.2) is 4.98 Å². The van der Waals surface area contributed by atoms with E-state index in [1.165, 1.54) is 5.56 Å². The lowest BCUT2D eigenvalue weighted by atomic mass is 9.95. The molecular weight excluding hydrogens is 438 g/mol. The van der Waals surface area contributed by atoms with Crippen LogP contribution in [0.25, 0.3) is 22.8 Å². The highest BCUT2D eigenvalue weighted by Crippen LogP contribution is 2.31. The Morgan fingerprint density at radius 1 is 1.00 bits per heavy atom. The van der Waals surface area contributed by atoms with E-state index in [0.717, 1.165) is 54.9 Å². The summed E-state index contributed by atoms with van der Waals surface area (Å²) in [4.78, 5) is 24.2. The summed E-state index contributed by atoms with van der Waals surface area (Å²) in [5.41, 5.74) is 4.14. The van der Waals surface area contributed by atoms with Crippen molar-refractivity contribution in [2.75, 3.05) is 18.0 Å². The molecule has 2 aromatic heterocycles. The number of aryl methyl sites for hydroxylation is 1. The van der Waals surface area contributed by atoms with Crippen molar-refractivity contribution in [1.82, 2.24) is 20.4 Å². The van der Waals surface area contributed by atoms with Gasteiger partial charge in [-0.1, -0.05) is 66.7 Å². The van der Waals surface area contributed by atoms with Gasteiger partial charge in [0.25, 0.3) is 5.89 Å². The molecule has 1 saturated heterocycles. The number of hydrogen-bond acceptors (Lipinski definition) is 6. The van der Waals surface area contributed by atoms with E-state index in [-0.39, 0.29) is 11.8 Å². The molecule has 0 spiro atoms. The van der Waals surface area contributed by atoms with E-state index in [1.54, 1.807) is 6.20 Å². The highest BCUT2D eigenvalue weighted by atomic mass is 16.5. The number of nitrogens with one attached hydrogen (secondary N) is 1.